The first-order chi connectivity index (χ1) is 8.54. The molecule has 0 atom stereocenters. The van der Waals surface area contributed by atoms with Crippen molar-refractivity contribution < 1.29 is 19.4 Å². The van der Waals surface area contributed by atoms with Crippen LogP contribution in [-0.4, -0.2) is 32.6 Å². The monoisotopic (exact) mass is 268 g/mol. The number of aromatic nitrogens is 2. The predicted octanol–water partition coefficient (Wildman–Crippen LogP) is 2.34. The van der Waals surface area contributed by atoms with Crippen LogP contribution in [0, 0.1) is 5.82 Å². The van der Waals surface area contributed by atoms with E-state index in [9.17, 15) is 14.3 Å². The van der Waals surface area contributed by atoms with Gasteiger partial charge in [0.2, 0.25) is 0 Å². The lowest BCUT2D eigenvalue weighted by Crippen LogP contribution is -1.95. The molecule has 18 heavy (non-hydrogen) atoms. The summed E-state index contributed by atoms with van der Waals surface area (Å²) in [4.78, 5) is 10.8. The quantitative estimate of drug-likeness (QED) is 0.744. The van der Waals surface area contributed by atoms with Crippen molar-refractivity contribution in [1.29, 1.82) is 0 Å². The second-order valence-corrected chi connectivity index (χ2v) is 4.27. The number of H-pyrrole nitrogens is 1. The zero-order valence-corrected chi connectivity index (χ0v) is 10.1. The molecule has 0 amide bonds. The van der Waals surface area contributed by atoms with Gasteiger partial charge >= 0.3 is 5.97 Å². The predicted molar refractivity (Wildman–Crippen MR) is 64.4 cm³/mol. The zero-order chi connectivity index (χ0) is 13.3. The molecule has 1 heterocycles. The molecule has 0 bridgehead atoms. The molecule has 7 heteroatoms. The van der Waals surface area contributed by atoms with Crippen LogP contribution >= 0.6 is 11.8 Å². The third kappa shape index (κ3) is 2.04. The fourth-order valence-electron chi connectivity index (χ4n) is 1.51. The number of carboxylic acids is 1. The van der Waals surface area contributed by atoms with Gasteiger partial charge in [0, 0.05) is 5.56 Å². The fourth-order valence-corrected chi connectivity index (χ4v) is 2.07. The minimum atomic E-state index is -1.17. The topological polar surface area (TPSA) is 86.2 Å². The smallest absolute Gasteiger partial charge is 0.353 e. The highest BCUT2D eigenvalue weighted by Crippen LogP contribution is 2.35. The maximum absolute atomic E-state index is 14.0. The lowest BCUT2D eigenvalue weighted by Gasteiger charge is -2.06. The number of hydrogen-bond acceptors (Lipinski definition) is 4. The van der Waals surface area contributed by atoms with Crippen molar-refractivity contribution >= 4 is 17.7 Å². The highest BCUT2D eigenvalue weighted by atomic mass is 32.2. The van der Waals surface area contributed by atoms with E-state index in [4.69, 9.17) is 5.11 Å². The number of hydrogen-bond donors (Lipinski definition) is 3. The minimum Gasteiger partial charge on any atom is -0.507 e. The Morgan fingerprint density at radius 3 is 2.78 bits per heavy atom. The van der Waals surface area contributed by atoms with Crippen molar-refractivity contribution in [3.05, 3.63) is 29.7 Å². The Balaban J connectivity index is 2.53. The number of carboxylic acid groups (broad SMARTS) is 1. The number of aromatic carboxylic acids is 1. The fraction of sp³-hybridized carbons (Fsp3) is 0.0909. The van der Waals surface area contributed by atoms with E-state index >= 15 is 0 Å². The number of carbonyl (C=O) groups is 1. The molecular formula is C11H9FN2O3S. The molecule has 0 aliphatic rings. The summed E-state index contributed by atoms with van der Waals surface area (Å²) in [5.41, 5.74) is 0.198. The van der Waals surface area contributed by atoms with Gasteiger partial charge in [0.15, 0.2) is 0 Å². The first kappa shape index (κ1) is 12.4. The summed E-state index contributed by atoms with van der Waals surface area (Å²) in [6, 6.07) is 3.94. The molecule has 0 saturated heterocycles. The van der Waals surface area contributed by atoms with E-state index in [0.717, 1.165) is 11.8 Å². The van der Waals surface area contributed by atoms with Crippen LogP contribution in [0.2, 0.25) is 0 Å². The maximum atomic E-state index is 14.0. The van der Waals surface area contributed by atoms with Crippen LogP contribution in [0.25, 0.3) is 11.3 Å². The van der Waals surface area contributed by atoms with Gasteiger partial charge in [-0.3, -0.25) is 5.10 Å². The van der Waals surface area contributed by atoms with Crippen LogP contribution < -0.4 is 0 Å². The standard InChI is InChI=1S/C11H9FN2O3S/c1-18-10-8(15)3-2-5(9(10)12)6-4-7(11(16)17)14-13-6/h2-4,15H,1H3,(H,13,14)(H,16,17). The van der Waals surface area contributed by atoms with E-state index < -0.39 is 11.8 Å². The summed E-state index contributed by atoms with van der Waals surface area (Å²) in [5, 5.41) is 24.3. The lowest BCUT2D eigenvalue weighted by molar-refractivity contribution is 0.0690. The molecule has 2 aromatic rings. The SMILES string of the molecule is CSc1c(O)ccc(-c2cc(C(=O)O)[nH]n2)c1F. The van der Waals surface area contributed by atoms with Gasteiger partial charge in [0.1, 0.15) is 17.3 Å². The van der Waals surface area contributed by atoms with Crippen molar-refractivity contribution in [1.82, 2.24) is 10.2 Å². The molecule has 0 aliphatic heterocycles. The van der Waals surface area contributed by atoms with Crippen molar-refractivity contribution in [2.75, 3.05) is 6.26 Å². The van der Waals surface area contributed by atoms with E-state index in [1.54, 1.807) is 6.26 Å². The van der Waals surface area contributed by atoms with Gasteiger partial charge in [-0.1, -0.05) is 0 Å². The average Bonchev–Trinajstić information content (AvgIpc) is 2.79. The van der Waals surface area contributed by atoms with Crippen LogP contribution in [0.4, 0.5) is 4.39 Å². The van der Waals surface area contributed by atoms with E-state index in [-0.39, 0.29) is 27.6 Å². The number of nitrogens with one attached hydrogen (secondary N) is 1. The van der Waals surface area contributed by atoms with Gasteiger partial charge < -0.3 is 10.2 Å². The second-order valence-electron chi connectivity index (χ2n) is 3.45. The van der Waals surface area contributed by atoms with Gasteiger partial charge in [0.25, 0.3) is 0 Å². The van der Waals surface area contributed by atoms with Gasteiger partial charge in [-0.25, -0.2) is 9.18 Å². The molecule has 3 N–H and O–H groups in total. The Morgan fingerprint density at radius 2 is 2.22 bits per heavy atom. The number of thioether (sulfide) groups is 1. The molecule has 2 rings (SSSR count). The third-order valence-corrected chi connectivity index (χ3v) is 3.16. The first-order valence-electron chi connectivity index (χ1n) is 4.89. The van der Waals surface area contributed by atoms with Crippen molar-refractivity contribution in [2.24, 2.45) is 0 Å². The Labute approximate surface area is 106 Å². The molecule has 0 radical (unpaired) electrons. The number of halogens is 1. The van der Waals surface area contributed by atoms with Gasteiger partial charge in [-0.2, -0.15) is 5.10 Å². The van der Waals surface area contributed by atoms with Crippen molar-refractivity contribution in [3.8, 4) is 17.0 Å². The normalized spacial score (nSPS) is 10.6. The van der Waals surface area contributed by atoms with E-state index in [1.165, 1.54) is 18.2 Å². The number of rotatable bonds is 3. The Kier molecular flexibility index (Phi) is 3.24. The first-order valence-corrected chi connectivity index (χ1v) is 6.11. The van der Waals surface area contributed by atoms with E-state index in [1.807, 2.05) is 0 Å². The Hall–Kier alpha value is -2.02. The molecule has 0 saturated carbocycles. The summed E-state index contributed by atoms with van der Waals surface area (Å²) in [7, 11) is 0. The molecule has 0 fully saturated rings. The third-order valence-electron chi connectivity index (χ3n) is 2.36. The number of aromatic hydroxyl groups is 1. The summed E-state index contributed by atoms with van der Waals surface area (Å²) >= 11 is 1.06. The van der Waals surface area contributed by atoms with Gasteiger partial charge in [0.05, 0.1) is 10.6 Å². The summed E-state index contributed by atoms with van der Waals surface area (Å²) < 4.78 is 14.0. The Morgan fingerprint density at radius 1 is 1.50 bits per heavy atom. The van der Waals surface area contributed by atoms with E-state index in [2.05, 4.69) is 10.2 Å². The van der Waals surface area contributed by atoms with Crippen molar-refractivity contribution in [2.45, 2.75) is 4.90 Å². The maximum Gasteiger partial charge on any atom is 0.353 e. The van der Waals surface area contributed by atoms with Crippen LogP contribution in [0.5, 0.6) is 5.75 Å². The Bertz CT molecular complexity index is 612. The number of aromatic amines is 1. The number of nitrogens with zero attached hydrogens (tertiary/aromatic N) is 1. The highest BCUT2D eigenvalue weighted by Gasteiger charge is 2.17. The molecule has 1 aromatic heterocycles. The zero-order valence-electron chi connectivity index (χ0n) is 9.27. The summed E-state index contributed by atoms with van der Waals surface area (Å²) in [5.74, 6) is -1.94. The largest absolute Gasteiger partial charge is 0.507 e. The van der Waals surface area contributed by atoms with Crippen LogP contribution in [-0.2, 0) is 0 Å². The number of phenols is 1. The molecule has 0 spiro atoms. The summed E-state index contributed by atoms with van der Waals surface area (Å²) in [6.45, 7) is 0. The van der Waals surface area contributed by atoms with Gasteiger partial charge in [-0.15, -0.1) is 11.8 Å². The van der Waals surface area contributed by atoms with Gasteiger partial charge in [-0.05, 0) is 24.5 Å². The molecule has 0 unspecified atom stereocenters. The minimum absolute atomic E-state index is 0.104. The number of phenolic OH excluding ortho intramolecular Hbond substituents is 1. The van der Waals surface area contributed by atoms with Crippen LogP contribution in [0.3, 0.4) is 0 Å². The van der Waals surface area contributed by atoms with Crippen LogP contribution in [0.1, 0.15) is 10.5 Å². The van der Waals surface area contributed by atoms with Crippen LogP contribution in [0.15, 0.2) is 23.1 Å². The highest BCUT2D eigenvalue weighted by molar-refractivity contribution is 7.98. The summed E-state index contributed by atoms with van der Waals surface area (Å²) in [6.07, 6.45) is 1.63. The molecule has 94 valence electrons. The number of benzene rings is 1. The molecular weight excluding hydrogens is 259 g/mol. The molecule has 1 aromatic carbocycles. The second kappa shape index (κ2) is 4.69. The average molecular weight is 268 g/mol. The molecule has 0 aliphatic carbocycles. The molecule has 5 nitrogen and oxygen atoms in total. The lowest BCUT2D eigenvalue weighted by atomic mass is 10.1. The van der Waals surface area contributed by atoms with E-state index in [0.29, 0.717) is 0 Å². The van der Waals surface area contributed by atoms with Crippen molar-refractivity contribution in [3.63, 3.8) is 0 Å².